The van der Waals surface area contributed by atoms with Gasteiger partial charge in [0.15, 0.2) is 5.65 Å². The molecule has 3 aromatic heterocycles. The van der Waals surface area contributed by atoms with Gasteiger partial charge in [-0.1, -0.05) is 0 Å². The van der Waals surface area contributed by atoms with Crippen molar-refractivity contribution >= 4 is 22.8 Å². The van der Waals surface area contributed by atoms with E-state index in [0.717, 1.165) is 11.4 Å². The number of fused-ring (bicyclic) bond motifs is 1. The molecule has 0 radical (unpaired) electrons. The molecular weight excluding hydrogens is 296 g/mol. The molecule has 0 fully saturated rings. The molecule has 0 saturated carbocycles. The minimum atomic E-state index is -0.352. The lowest BCUT2D eigenvalue weighted by molar-refractivity contribution is 0.0945. The zero-order chi connectivity index (χ0) is 16.4. The normalized spacial score (nSPS) is 10.7. The summed E-state index contributed by atoms with van der Waals surface area (Å²) in [6, 6.07) is 6.99. The van der Waals surface area contributed by atoms with E-state index in [2.05, 4.69) is 25.3 Å². The van der Waals surface area contributed by atoms with Gasteiger partial charge in [0.05, 0.1) is 17.8 Å². The summed E-state index contributed by atoms with van der Waals surface area (Å²) in [5.41, 5.74) is 2.56. The van der Waals surface area contributed by atoms with Crippen LogP contribution in [0.5, 0.6) is 0 Å². The Balaban J connectivity index is 1.73. The van der Waals surface area contributed by atoms with Gasteiger partial charge in [0.25, 0.3) is 5.91 Å². The molecule has 0 aliphatic carbocycles. The quantitative estimate of drug-likeness (QED) is 0.655. The fourth-order valence-corrected chi connectivity index (χ4v) is 2.14. The van der Waals surface area contributed by atoms with E-state index in [1.165, 1.54) is 0 Å². The van der Waals surface area contributed by atoms with Crippen LogP contribution in [-0.2, 0) is 6.54 Å². The number of rotatable bonds is 4. The third-order valence-corrected chi connectivity index (χ3v) is 3.35. The number of nitrogens with zero attached hydrogens (tertiary/aromatic N) is 3. The third-order valence-electron chi connectivity index (χ3n) is 3.35. The van der Waals surface area contributed by atoms with Crippen molar-refractivity contribution in [2.45, 2.75) is 6.54 Å². The number of aromatic nitrogens is 4. The van der Waals surface area contributed by atoms with E-state index >= 15 is 0 Å². The highest BCUT2D eigenvalue weighted by Gasteiger charge is 2.10. The van der Waals surface area contributed by atoms with Crippen LogP contribution >= 0.6 is 0 Å². The van der Waals surface area contributed by atoms with Gasteiger partial charge in [0.1, 0.15) is 5.69 Å². The highest BCUT2D eigenvalue weighted by molar-refractivity contribution is 5.93. The number of hydrogen-bond donors (Lipinski definition) is 3. The van der Waals surface area contributed by atoms with Crippen LogP contribution in [0, 0.1) is 0 Å². The van der Waals surface area contributed by atoms with Crippen LogP contribution in [0.25, 0.3) is 11.2 Å². The summed E-state index contributed by atoms with van der Waals surface area (Å²) in [6.45, 7) is 0.296. The molecule has 0 saturated heterocycles. The Morgan fingerprint density at radius 2 is 2.09 bits per heavy atom. The minimum Gasteiger partial charge on any atom is -0.378 e. The first kappa shape index (κ1) is 14.8. The van der Waals surface area contributed by atoms with E-state index in [0.29, 0.717) is 17.7 Å². The lowest BCUT2D eigenvalue weighted by Crippen LogP contribution is -2.24. The van der Waals surface area contributed by atoms with E-state index in [1.807, 2.05) is 31.1 Å². The number of amides is 1. The van der Waals surface area contributed by atoms with Crippen molar-refractivity contribution in [3.05, 3.63) is 52.3 Å². The molecule has 8 nitrogen and oxygen atoms in total. The van der Waals surface area contributed by atoms with Gasteiger partial charge >= 0.3 is 5.69 Å². The standard InChI is InChI=1S/C15H16N6O2/c1-21(2)10-5-6-16-9(7-10)8-17-14(22)12-4-3-11-13(18-12)20-15(23)19-11/h3-7H,8H2,1-2H3,(H,17,22)(H2,18,19,20,23). The molecular formula is C15H16N6O2. The van der Waals surface area contributed by atoms with Gasteiger partial charge in [0.2, 0.25) is 0 Å². The van der Waals surface area contributed by atoms with E-state index in [1.54, 1.807) is 18.3 Å². The molecule has 3 rings (SSSR count). The number of carbonyl (C=O) groups is 1. The smallest absolute Gasteiger partial charge is 0.325 e. The predicted molar refractivity (Wildman–Crippen MR) is 86.4 cm³/mol. The second-order valence-electron chi connectivity index (χ2n) is 5.25. The molecule has 0 atom stereocenters. The molecule has 0 bridgehead atoms. The summed E-state index contributed by atoms with van der Waals surface area (Å²) in [5.74, 6) is -0.328. The largest absolute Gasteiger partial charge is 0.378 e. The SMILES string of the molecule is CN(C)c1ccnc(CNC(=O)c2ccc3[nH]c(=O)[nH]c3n2)c1. The first-order valence-electron chi connectivity index (χ1n) is 7.02. The third kappa shape index (κ3) is 3.20. The number of imidazole rings is 1. The lowest BCUT2D eigenvalue weighted by Gasteiger charge is -2.13. The zero-order valence-corrected chi connectivity index (χ0v) is 12.8. The molecule has 23 heavy (non-hydrogen) atoms. The number of H-pyrrole nitrogens is 2. The first-order valence-corrected chi connectivity index (χ1v) is 7.02. The minimum absolute atomic E-state index is 0.233. The average Bonchev–Trinajstić information content (AvgIpc) is 2.91. The second kappa shape index (κ2) is 5.91. The maximum absolute atomic E-state index is 12.2. The fourth-order valence-electron chi connectivity index (χ4n) is 2.14. The van der Waals surface area contributed by atoms with Crippen molar-refractivity contribution in [2.75, 3.05) is 19.0 Å². The summed E-state index contributed by atoms with van der Waals surface area (Å²) in [6.07, 6.45) is 1.70. The van der Waals surface area contributed by atoms with Crippen LogP contribution in [0.4, 0.5) is 5.69 Å². The van der Waals surface area contributed by atoms with Crippen molar-refractivity contribution in [3.63, 3.8) is 0 Å². The van der Waals surface area contributed by atoms with Crippen LogP contribution < -0.4 is 15.9 Å². The Labute approximate surface area is 131 Å². The van der Waals surface area contributed by atoms with Gasteiger partial charge in [-0.25, -0.2) is 9.78 Å². The zero-order valence-electron chi connectivity index (χ0n) is 12.8. The molecule has 3 aromatic rings. The molecule has 8 heteroatoms. The van der Waals surface area contributed by atoms with E-state index < -0.39 is 0 Å². The summed E-state index contributed by atoms with van der Waals surface area (Å²) >= 11 is 0. The van der Waals surface area contributed by atoms with Crippen LogP contribution in [-0.4, -0.2) is 39.9 Å². The van der Waals surface area contributed by atoms with Gasteiger partial charge in [-0.3, -0.25) is 14.8 Å². The summed E-state index contributed by atoms with van der Waals surface area (Å²) in [7, 11) is 3.88. The van der Waals surface area contributed by atoms with Crippen molar-refractivity contribution in [1.82, 2.24) is 25.3 Å². The number of aromatic amines is 2. The molecule has 0 aliphatic heterocycles. The first-order chi connectivity index (χ1) is 11.0. The van der Waals surface area contributed by atoms with Gasteiger partial charge in [-0.05, 0) is 24.3 Å². The number of hydrogen-bond acceptors (Lipinski definition) is 5. The van der Waals surface area contributed by atoms with Crippen LogP contribution in [0.15, 0.2) is 35.3 Å². The Morgan fingerprint density at radius 1 is 1.26 bits per heavy atom. The molecule has 0 spiro atoms. The molecule has 118 valence electrons. The van der Waals surface area contributed by atoms with Crippen molar-refractivity contribution < 1.29 is 4.79 Å². The molecule has 1 amide bonds. The Kier molecular flexibility index (Phi) is 3.80. The number of nitrogens with one attached hydrogen (secondary N) is 3. The van der Waals surface area contributed by atoms with Gasteiger partial charge in [-0.2, -0.15) is 0 Å². The van der Waals surface area contributed by atoms with Crippen molar-refractivity contribution in [2.24, 2.45) is 0 Å². The number of pyridine rings is 2. The van der Waals surface area contributed by atoms with Crippen LogP contribution in [0.3, 0.4) is 0 Å². The van der Waals surface area contributed by atoms with E-state index in [-0.39, 0.29) is 17.3 Å². The Bertz CT molecular complexity index is 911. The maximum atomic E-state index is 12.2. The second-order valence-corrected chi connectivity index (χ2v) is 5.25. The average molecular weight is 312 g/mol. The fraction of sp³-hybridized carbons (Fsp3) is 0.200. The Morgan fingerprint density at radius 3 is 2.87 bits per heavy atom. The molecule has 0 unspecified atom stereocenters. The van der Waals surface area contributed by atoms with E-state index in [4.69, 9.17) is 0 Å². The highest BCUT2D eigenvalue weighted by atomic mass is 16.2. The lowest BCUT2D eigenvalue weighted by atomic mass is 10.3. The molecule has 0 aliphatic rings. The number of anilines is 1. The predicted octanol–water partition coefficient (Wildman–Crippen LogP) is 0.642. The van der Waals surface area contributed by atoms with Gasteiger partial charge in [-0.15, -0.1) is 0 Å². The number of carbonyl (C=O) groups excluding carboxylic acids is 1. The topological polar surface area (TPSA) is 107 Å². The molecule has 0 aromatic carbocycles. The Hall–Kier alpha value is -3.16. The van der Waals surface area contributed by atoms with Gasteiger partial charge in [0, 0.05) is 26.0 Å². The molecule has 3 heterocycles. The van der Waals surface area contributed by atoms with Crippen LogP contribution in [0.1, 0.15) is 16.2 Å². The van der Waals surface area contributed by atoms with Crippen molar-refractivity contribution in [3.8, 4) is 0 Å². The highest BCUT2D eigenvalue weighted by Crippen LogP contribution is 2.11. The molecule has 3 N–H and O–H groups in total. The summed E-state index contributed by atoms with van der Waals surface area (Å²) in [4.78, 5) is 38.8. The van der Waals surface area contributed by atoms with E-state index in [9.17, 15) is 9.59 Å². The summed E-state index contributed by atoms with van der Waals surface area (Å²) in [5, 5.41) is 2.77. The maximum Gasteiger partial charge on any atom is 0.325 e. The van der Waals surface area contributed by atoms with Gasteiger partial charge < -0.3 is 15.2 Å². The van der Waals surface area contributed by atoms with Crippen LogP contribution in [0.2, 0.25) is 0 Å². The monoisotopic (exact) mass is 312 g/mol. The van der Waals surface area contributed by atoms with Crippen molar-refractivity contribution in [1.29, 1.82) is 0 Å². The summed E-state index contributed by atoms with van der Waals surface area (Å²) < 4.78 is 0.